The second kappa shape index (κ2) is 9.36. The number of hydrogen-bond donors (Lipinski definition) is 0. The second-order valence-corrected chi connectivity index (χ2v) is 16.1. The number of imidazole rings is 2. The van der Waals surface area contributed by atoms with E-state index in [4.69, 9.17) is 13.9 Å². The van der Waals surface area contributed by atoms with E-state index in [9.17, 15) is 8.42 Å². The summed E-state index contributed by atoms with van der Waals surface area (Å²) >= 11 is 0. The van der Waals surface area contributed by atoms with E-state index in [1.165, 1.54) is 32.2 Å². The van der Waals surface area contributed by atoms with Crippen molar-refractivity contribution in [3.05, 3.63) is 48.3 Å². The van der Waals surface area contributed by atoms with Crippen LogP contribution in [0.4, 0.5) is 0 Å². The molecule has 0 atom stereocenters. The van der Waals surface area contributed by atoms with E-state index in [-0.39, 0.29) is 4.75 Å². The lowest BCUT2D eigenvalue weighted by Crippen LogP contribution is -2.27. The van der Waals surface area contributed by atoms with Crippen LogP contribution in [0, 0.1) is 0 Å². The molecule has 0 radical (unpaired) electrons. The molecule has 0 amide bonds. The summed E-state index contributed by atoms with van der Waals surface area (Å²) in [6.45, 7) is 8.22. The quantitative estimate of drug-likeness (QED) is 0.468. The number of fused-ring (bicyclic) bond motifs is 1. The van der Waals surface area contributed by atoms with E-state index < -0.39 is 20.5 Å². The summed E-state index contributed by atoms with van der Waals surface area (Å²) < 4.78 is 41.4. The minimum Gasteiger partial charge on any atom is -0.377 e. The van der Waals surface area contributed by atoms with Crippen LogP contribution in [0.2, 0.25) is 0 Å². The molecule has 3 aromatic rings. The van der Waals surface area contributed by atoms with Gasteiger partial charge in [0.15, 0.2) is 0 Å². The zero-order chi connectivity index (χ0) is 25.6. The Morgan fingerprint density at radius 1 is 1.17 bits per heavy atom. The Hall–Kier alpha value is -2.18. The normalized spacial score (nSPS) is 16.2. The van der Waals surface area contributed by atoms with Crippen LogP contribution in [0.5, 0.6) is 0 Å². The highest BCUT2D eigenvalue weighted by Gasteiger charge is 2.29. The van der Waals surface area contributed by atoms with Gasteiger partial charge in [-0.15, -0.1) is 10.3 Å². The molecule has 9 nitrogen and oxygen atoms in total. The van der Waals surface area contributed by atoms with E-state index in [0.717, 1.165) is 31.5 Å². The van der Waals surface area contributed by atoms with Crippen molar-refractivity contribution >= 4 is 31.7 Å². The first kappa shape index (κ1) is 25.9. The number of pyridine rings is 1. The average Bonchev–Trinajstić information content (AvgIpc) is 3.44. The predicted molar refractivity (Wildman–Crippen MR) is 142 cm³/mol. The highest BCUT2D eigenvalue weighted by atomic mass is 32.3. The summed E-state index contributed by atoms with van der Waals surface area (Å²) in [5, 5.41) is 0. The molecule has 0 aromatic carbocycles. The molecule has 3 aromatic heterocycles. The van der Waals surface area contributed by atoms with Gasteiger partial charge in [0.1, 0.15) is 18.6 Å². The molecule has 1 aliphatic heterocycles. The van der Waals surface area contributed by atoms with Crippen molar-refractivity contribution in [3.8, 4) is 11.3 Å². The van der Waals surface area contributed by atoms with Crippen molar-refractivity contribution in [2.45, 2.75) is 38.5 Å². The fourth-order valence-electron chi connectivity index (χ4n) is 3.52. The molecular weight excluding hydrogens is 486 g/mol. The molecule has 0 saturated heterocycles. The van der Waals surface area contributed by atoms with Crippen molar-refractivity contribution in [1.82, 2.24) is 22.6 Å². The van der Waals surface area contributed by atoms with Crippen molar-refractivity contribution in [3.63, 3.8) is 0 Å². The molecule has 0 fully saturated rings. The monoisotopic (exact) mass is 521 g/mol. The Bertz CT molecular complexity index is 1360. The van der Waals surface area contributed by atoms with Gasteiger partial charge in [0.2, 0.25) is 0 Å². The molecule has 0 N–H and O–H groups in total. The maximum Gasteiger partial charge on any atom is 0.308 e. The van der Waals surface area contributed by atoms with Crippen LogP contribution in [0.15, 0.2) is 37.1 Å². The number of ether oxygens (including phenoxy) is 1. The van der Waals surface area contributed by atoms with Gasteiger partial charge in [-0.3, -0.25) is 0 Å². The summed E-state index contributed by atoms with van der Waals surface area (Å²) in [5.74, 6) is 0. The molecule has 4 heterocycles. The topological polar surface area (TPSA) is 91.0 Å². The maximum absolute atomic E-state index is 12.6. The SMILES string of the molecule is CN(C)S(=O)(=O)n1cnc(-c2cc(C3=CCOCC3)cn3cc(COS(C)(C)C(C)(C)C)nc23)c1. The molecule has 0 aliphatic carbocycles. The molecule has 4 rings (SSSR count). The van der Waals surface area contributed by atoms with Crippen LogP contribution in [0.3, 0.4) is 0 Å². The standard InChI is InChI=1S/C24H35N5O4S2/c1-24(2,3)34(6,7)33-16-20-14-28-13-19(18-8-10-32-11-9-18)12-21(23(28)26-20)22-15-29(17-25-22)35(30,31)27(4)5/h8,12-15,17H,9-11,16H2,1-7H3. The van der Waals surface area contributed by atoms with Crippen molar-refractivity contribution < 1.29 is 17.3 Å². The molecule has 11 heteroatoms. The van der Waals surface area contributed by atoms with Crippen LogP contribution >= 0.6 is 10.3 Å². The molecule has 0 bridgehead atoms. The van der Waals surface area contributed by atoms with Crippen molar-refractivity contribution in [1.29, 1.82) is 0 Å². The summed E-state index contributed by atoms with van der Waals surface area (Å²) in [6.07, 6.45) is 14.1. The third-order valence-electron chi connectivity index (χ3n) is 6.48. The van der Waals surface area contributed by atoms with Gasteiger partial charge in [-0.2, -0.15) is 12.7 Å². The number of nitrogens with zero attached hydrogens (tertiary/aromatic N) is 5. The van der Waals surface area contributed by atoms with Gasteiger partial charge < -0.3 is 13.3 Å². The van der Waals surface area contributed by atoms with Gasteiger partial charge >= 0.3 is 10.2 Å². The van der Waals surface area contributed by atoms with E-state index in [1.54, 1.807) is 0 Å². The van der Waals surface area contributed by atoms with Crippen molar-refractivity contribution in [2.24, 2.45) is 0 Å². The van der Waals surface area contributed by atoms with Gasteiger partial charge in [0, 0.05) is 43.0 Å². The van der Waals surface area contributed by atoms with Gasteiger partial charge in [-0.1, -0.05) is 26.8 Å². The first-order valence-corrected chi connectivity index (χ1v) is 15.2. The lowest BCUT2D eigenvalue weighted by molar-refractivity contribution is 0.161. The first-order valence-electron chi connectivity index (χ1n) is 11.4. The van der Waals surface area contributed by atoms with E-state index in [2.05, 4.69) is 50.5 Å². The van der Waals surface area contributed by atoms with Gasteiger partial charge in [-0.25, -0.2) is 13.9 Å². The number of aromatic nitrogens is 4. The lowest BCUT2D eigenvalue weighted by Gasteiger charge is -2.43. The molecular formula is C24H35N5O4S2. The zero-order valence-electron chi connectivity index (χ0n) is 21.5. The Morgan fingerprint density at radius 3 is 2.54 bits per heavy atom. The second-order valence-electron chi connectivity index (χ2n) is 10.1. The van der Waals surface area contributed by atoms with Crippen LogP contribution in [0.25, 0.3) is 22.5 Å². The summed E-state index contributed by atoms with van der Waals surface area (Å²) in [7, 11) is -1.98. The highest BCUT2D eigenvalue weighted by molar-refractivity contribution is 8.29. The van der Waals surface area contributed by atoms with E-state index in [1.807, 2.05) is 16.7 Å². The summed E-state index contributed by atoms with van der Waals surface area (Å²) in [4.78, 5) is 9.30. The van der Waals surface area contributed by atoms with Crippen LogP contribution in [0.1, 0.15) is 38.4 Å². The van der Waals surface area contributed by atoms with Gasteiger partial charge in [-0.05, 0) is 36.1 Å². The minimum absolute atomic E-state index is 0.0464. The third kappa shape index (κ3) is 5.19. The fourth-order valence-corrected chi connectivity index (χ4v) is 5.06. The first-order chi connectivity index (χ1) is 16.3. The Kier molecular flexibility index (Phi) is 6.93. The average molecular weight is 522 g/mol. The smallest absolute Gasteiger partial charge is 0.308 e. The maximum atomic E-state index is 12.6. The molecule has 35 heavy (non-hydrogen) atoms. The molecule has 1 aliphatic rings. The number of hydrogen-bond acceptors (Lipinski definition) is 6. The Labute approximate surface area is 209 Å². The highest BCUT2D eigenvalue weighted by Crippen LogP contribution is 2.54. The predicted octanol–water partition coefficient (Wildman–Crippen LogP) is 3.95. The van der Waals surface area contributed by atoms with Crippen LogP contribution < -0.4 is 0 Å². The minimum atomic E-state index is -3.67. The zero-order valence-corrected chi connectivity index (χ0v) is 23.1. The van der Waals surface area contributed by atoms with Crippen LogP contribution in [-0.2, 0) is 25.7 Å². The van der Waals surface area contributed by atoms with Crippen molar-refractivity contribution in [2.75, 3.05) is 39.8 Å². The van der Waals surface area contributed by atoms with Gasteiger partial charge in [0.05, 0.1) is 24.6 Å². The molecule has 0 unspecified atom stereocenters. The summed E-state index contributed by atoms with van der Waals surface area (Å²) in [5.41, 5.74) is 5.03. The molecule has 192 valence electrons. The lowest BCUT2D eigenvalue weighted by atomic mass is 10.0. The van der Waals surface area contributed by atoms with E-state index in [0.29, 0.717) is 31.2 Å². The third-order valence-corrected chi connectivity index (χ3v) is 11.8. The fraction of sp³-hybridized carbons (Fsp3) is 0.500. The molecule has 0 saturated carbocycles. The largest absolute Gasteiger partial charge is 0.377 e. The van der Waals surface area contributed by atoms with Crippen LogP contribution in [-0.4, -0.2) is 75.6 Å². The Morgan fingerprint density at radius 2 is 1.91 bits per heavy atom. The summed E-state index contributed by atoms with van der Waals surface area (Å²) in [6, 6.07) is 2.03. The number of rotatable bonds is 7. The Balaban J connectivity index is 1.79. The van der Waals surface area contributed by atoms with Gasteiger partial charge in [0.25, 0.3) is 0 Å². The molecule has 0 spiro atoms. The van der Waals surface area contributed by atoms with E-state index >= 15 is 0 Å².